The van der Waals surface area contributed by atoms with Crippen molar-refractivity contribution in [1.82, 2.24) is 4.98 Å². The number of ether oxygens (including phenoxy) is 1. The molecule has 0 amide bonds. The summed E-state index contributed by atoms with van der Waals surface area (Å²) in [6.07, 6.45) is 0.868. The molecule has 0 aliphatic rings. The Bertz CT molecular complexity index is 514. The van der Waals surface area contributed by atoms with Gasteiger partial charge in [-0.05, 0) is 31.2 Å². The second kappa shape index (κ2) is 4.93. The van der Waals surface area contributed by atoms with Gasteiger partial charge < -0.3 is 9.84 Å². The summed E-state index contributed by atoms with van der Waals surface area (Å²) in [6.45, 7) is 1.62. The zero-order valence-electron chi connectivity index (χ0n) is 9.30. The van der Waals surface area contributed by atoms with E-state index in [1.807, 2.05) is 0 Å². The molecular formula is C13H12FNO2. The quantitative estimate of drug-likeness (QED) is 0.885. The van der Waals surface area contributed by atoms with E-state index in [0.717, 1.165) is 0 Å². The van der Waals surface area contributed by atoms with Crippen LogP contribution >= 0.6 is 0 Å². The highest BCUT2D eigenvalue weighted by atomic mass is 19.1. The summed E-state index contributed by atoms with van der Waals surface area (Å²) in [4.78, 5) is 4.02. The molecule has 0 saturated carbocycles. The lowest BCUT2D eigenvalue weighted by molar-refractivity contribution is 0.194. The van der Waals surface area contributed by atoms with E-state index in [-0.39, 0.29) is 11.7 Å². The minimum Gasteiger partial charge on any atom is -0.439 e. The van der Waals surface area contributed by atoms with Gasteiger partial charge in [-0.25, -0.2) is 9.37 Å². The van der Waals surface area contributed by atoms with E-state index < -0.39 is 6.10 Å². The zero-order valence-corrected chi connectivity index (χ0v) is 9.30. The summed E-state index contributed by atoms with van der Waals surface area (Å²) in [5, 5.41) is 9.54. The second-order valence-corrected chi connectivity index (χ2v) is 3.63. The van der Waals surface area contributed by atoms with Gasteiger partial charge >= 0.3 is 0 Å². The molecule has 2 aromatic rings. The standard InChI is InChI=1S/C13H12FNO2/c1-9(16)12-6-3-7-15-13(12)17-11-5-2-4-10(14)8-11/h2-9,16H,1H3. The molecule has 0 radical (unpaired) electrons. The van der Waals surface area contributed by atoms with Crippen LogP contribution < -0.4 is 4.74 Å². The summed E-state index contributed by atoms with van der Waals surface area (Å²) in [6, 6.07) is 9.20. The van der Waals surface area contributed by atoms with Crippen LogP contribution in [0.3, 0.4) is 0 Å². The van der Waals surface area contributed by atoms with E-state index in [1.165, 1.54) is 12.1 Å². The van der Waals surface area contributed by atoms with Gasteiger partial charge in [0.25, 0.3) is 0 Å². The summed E-state index contributed by atoms with van der Waals surface area (Å²) in [5.41, 5.74) is 0.566. The molecular weight excluding hydrogens is 221 g/mol. The highest BCUT2D eigenvalue weighted by molar-refractivity contribution is 5.33. The lowest BCUT2D eigenvalue weighted by atomic mass is 10.2. The molecule has 0 spiro atoms. The van der Waals surface area contributed by atoms with E-state index in [9.17, 15) is 9.50 Å². The number of hydrogen-bond donors (Lipinski definition) is 1. The largest absolute Gasteiger partial charge is 0.439 e. The van der Waals surface area contributed by atoms with Crippen LogP contribution in [0.5, 0.6) is 11.6 Å². The summed E-state index contributed by atoms with van der Waals surface area (Å²) in [5.74, 6) is 0.260. The van der Waals surface area contributed by atoms with E-state index >= 15 is 0 Å². The van der Waals surface area contributed by atoms with Gasteiger partial charge in [-0.3, -0.25) is 0 Å². The minimum absolute atomic E-state index is 0.285. The van der Waals surface area contributed by atoms with Crippen LogP contribution in [0.2, 0.25) is 0 Å². The molecule has 17 heavy (non-hydrogen) atoms. The van der Waals surface area contributed by atoms with Crippen molar-refractivity contribution in [2.75, 3.05) is 0 Å². The fourth-order valence-electron chi connectivity index (χ4n) is 1.45. The summed E-state index contributed by atoms with van der Waals surface area (Å²) < 4.78 is 18.4. The van der Waals surface area contributed by atoms with E-state index in [1.54, 1.807) is 37.4 Å². The molecule has 2 rings (SSSR count). The Labute approximate surface area is 98.5 Å². The van der Waals surface area contributed by atoms with Crippen molar-refractivity contribution in [3.05, 3.63) is 54.0 Å². The third-order valence-corrected chi connectivity index (χ3v) is 2.26. The molecule has 1 N–H and O–H groups in total. The number of aliphatic hydroxyl groups excluding tert-OH is 1. The smallest absolute Gasteiger partial charge is 0.225 e. The van der Waals surface area contributed by atoms with Crippen LogP contribution in [0, 0.1) is 5.82 Å². The van der Waals surface area contributed by atoms with Gasteiger partial charge in [0, 0.05) is 17.8 Å². The first-order chi connectivity index (χ1) is 8.16. The first-order valence-corrected chi connectivity index (χ1v) is 5.23. The SMILES string of the molecule is CC(O)c1cccnc1Oc1cccc(F)c1. The monoisotopic (exact) mass is 233 g/mol. The summed E-state index contributed by atoms with van der Waals surface area (Å²) in [7, 11) is 0. The normalized spacial score (nSPS) is 12.2. The first-order valence-electron chi connectivity index (χ1n) is 5.23. The maximum Gasteiger partial charge on any atom is 0.225 e. The van der Waals surface area contributed by atoms with Gasteiger partial charge in [0.15, 0.2) is 0 Å². The zero-order chi connectivity index (χ0) is 12.3. The number of pyridine rings is 1. The molecule has 4 heteroatoms. The molecule has 0 saturated heterocycles. The Balaban J connectivity index is 2.30. The molecule has 0 bridgehead atoms. The van der Waals surface area contributed by atoms with Gasteiger partial charge in [0.1, 0.15) is 11.6 Å². The number of hydrogen-bond acceptors (Lipinski definition) is 3. The Morgan fingerprint density at radius 2 is 2.12 bits per heavy atom. The van der Waals surface area contributed by atoms with Crippen LogP contribution in [0.4, 0.5) is 4.39 Å². The third kappa shape index (κ3) is 2.79. The molecule has 0 aliphatic carbocycles. The maximum atomic E-state index is 13.0. The van der Waals surface area contributed by atoms with Crippen LogP contribution in [0.15, 0.2) is 42.6 Å². The number of benzene rings is 1. The molecule has 3 nitrogen and oxygen atoms in total. The van der Waals surface area contributed by atoms with Crippen LogP contribution in [-0.4, -0.2) is 10.1 Å². The highest BCUT2D eigenvalue weighted by Gasteiger charge is 2.10. The van der Waals surface area contributed by atoms with E-state index in [4.69, 9.17) is 4.74 Å². The number of rotatable bonds is 3. The fraction of sp³-hybridized carbons (Fsp3) is 0.154. The first kappa shape index (κ1) is 11.5. The van der Waals surface area contributed by atoms with Crippen molar-refractivity contribution in [1.29, 1.82) is 0 Å². The Morgan fingerprint density at radius 3 is 2.82 bits per heavy atom. The average Bonchev–Trinajstić information content (AvgIpc) is 2.29. The van der Waals surface area contributed by atoms with Crippen molar-refractivity contribution in [2.45, 2.75) is 13.0 Å². The highest BCUT2D eigenvalue weighted by Crippen LogP contribution is 2.27. The molecule has 1 heterocycles. The van der Waals surface area contributed by atoms with Crippen LogP contribution in [0.1, 0.15) is 18.6 Å². The maximum absolute atomic E-state index is 13.0. The van der Waals surface area contributed by atoms with Gasteiger partial charge in [-0.15, -0.1) is 0 Å². The van der Waals surface area contributed by atoms with Crippen molar-refractivity contribution < 1.29 is 14.2 Å². The molecule has 88 valence electrons. The lowest BCUT2D eigenvalue weighted by Gasteiger charge is -2.11. The average molecular weight is 233 g/mol. The Morgan fingerprint density at radius 1 is 1.29 bits per heavy atom. The molecule has 1 atom stereocenters. The van der Waals surface area contributed by atoms with Crippen LogP contribution in [0.25, 0.3) is 0 Å². The fourth-order valence-corrected chi connectivity index (χ4v) is 1.45. The molecule has 1 unspecified atom stereocenters. The molecule has 0 aliphatic heterocycles. The van der Waals surface area contributed by atoms with Crippen molar-refractivity contribution >= 4 is 0 Å². The third-order valence-electron chi connectivity index (χ3n) is 2.26. The Kier molecular flexibility index (Phi) is 3.35. The van der Waals surface area contributed by atoms with Crippen molar-refractivity contribution in [3.8, 4) is 11.6 Å². The number of nitrogens with zero attached hydrogens (tertiary/aromatic N) is 1. The Hall–Kier alpha value is -1.94. The van der Waals surface area contributed by atoms with E-state index in [0.29, 0.717) is 11.3 Å². The minimum atomic E-state index is -0.688. The van der Waals surface area contributed by atoms with Crippen molar-refractivity contribution in [3.63, 3.8) is 0 Å². The number of aromatic nitrogens is 1. The molecule has 1 aromatic heterocycles. The predicted octanol–water partition coefficient (Wildman–Crippen LogP) is 3.07. The van der Waals surface area contributed by atoms with Gasteiger partial charge in [-0.1, -0.05) is 6.07 Å². The summed E-state index contributed by atoms with van der Waals surface area (Å²) >= 11 is 0. The van der Waals surface area contributed by atoms with Crippen LogP contribution in [-0.2, 0) is 0 Å². The molecule has 1 aromatic carbocycles. The van der Waals surface area contributed by atoms with Gasteiger partial charge in [0.2, 0.25) is 5.88 Å². The second-order valence-electron chi connectivity index (χ2n) is 3.63. The predicted molar refractivity (Wildman–Crippen MR) is 61.3 cm³/mol. The van der Waals surface area contributed by atoms with Gasteiger partial charge in [0.05, 0.1) is 6.10 Å². The number of aliphatic hydroxyl groups is 1. The molecule has 0 fully saturated rings. The lowest BCUT2D eigenvalue weighted by Crippen LogP contribution is -1.98. The van der Waals surface area contributed by atoms with Crippen molar-refractivity contribution in [2.24, 2.45) is 0 Å². The van der Waals surface area contributed by atoms with E-state index in [2.05, 4.69) is 4.98 Å². The number of halogens is 1. The van der Waals surface area contributed by atoms with Gasteiger partial charge in [-0.2, -0.15) is 0 Å². The topological polar surface area (TPSA) is 42.4 Å².